The topological polar surface area (TPSA) is 98.8 Å². The molecule has 0 spiro atoms. The van der Waals surface area contributed by atoms with E-state index in [1.165, 1.54) is 0 Å². The smallest absolute Gasteiger partial charge is 0.238 e. The van der Waals surface area contributed by atoms with Gasteiger partial charge >= 0.3 is 0 Å². The molecule has 0 aliphatic rings. The van der Waals surface area contributed by atoms with Gasteiger partial charge in [-0.3, -0.25) is 9.69 Å². The van der Waals surface area contributed by atoms with E-state index >= 15 is 0 Å². The summed E-state index contributed by atoms with van der Waals surface area (Å²) in [6, 6.07) is 5.41. The Morgan fingerprint density at radius 2 is 1.95 bits per heavy atom. The summed E-state index contributed by atoms with van der Waals surface area (Å²) in [6.07, 6.45) is 0. The summed E-state index contributed by atoms with van der Waals surface area (Å²) in [4.78, 5) is 13.6. The third-order valence-electron chi connectivity index (χ3n) is 2.77. The first-order valence-electron chi connectivity index (χ1n) is 6.17. The van der Waals surface area contributed by atoms with Gasteiger partial charge in [0.05, 0.1) is 31.1 Å². The Labute approximate surface area is 112 Å². The molecule has 0 aliphatic carbocycles. The van der Waals surface area contributed by atoms with Crippen LogP contribution in [0.15, 0.2) is 18.2 Å². The van der Waals surface area contributed by atoms with Crippen LogP contribution in [0.3, 0.4) is 0 Å². The van der Waals surface area contributed by atoms with Crippen molar-refractivity contribution < 1.29 is 15.0 Å². The minimum Gasteiger partial charge on any atom is -0.397 e. The van der Waals surface area contributed by atoms with Crippen molar-refractivity contribution in [2.75, 3.05) is 43.9 Å². The zero-order valence-electron chi connectivity index (χ0n) is 11.1. The third kappa shape index (κ3) is 4.86. The van der Waals surface area contributed by atoms with Gasteiger partial charge in [0.15, 0.2) is 0 Å². The number of aliphatic hydroxyl groups excluding tert-OH is 2. The lowest BCUT2D eigenvalue weighted by Gasteiger charge is -2.20. The summed E-state index contributed by atoms with van der Waals surface area (Å²) >= 11 is 0. The van der Waals surface area contributed by atoms with E-state index in [-0.39, 0.29) is 25.7 Å². The van der Waals surface area contributed by atoms with Crippen LogP contribution in [0.5, 0.6) is 0 Å². The first kappa shape index (κ1) is 15.4. The number of hydrogen-bond donors (Lipinski definition) is 4. The van der Waals surface area contributed by atoms with Gasteiger partial charge in [0.25, 0.3) is 0 Å². The standard InChI is InChI=1S/C13H21N3O3/c1-10-3-2-4-11(14)13(10)15-12(19)9-16(5-7-17)6-8-18/h2-4,17-18H,5-9,14H2,1H3,(H,15,19). The number of amides is 1. The van der Waals surface area contributed by atoms with Crippen molar-refractivity contribution in [2.24, 2.45) is 0 Å². The summed E-state index contributed by atoms with van der Waals surface area (Å²) in [6.45, 7) is 2.55. The van der Waals surface area contributed by atoms with Crippen LogP contribution in [0.2, 0.25) is 0 Å². The molecular weight excluding hydrogens is 246 g/mol. The first-order valence-corrected chi connectivity index (χ1v) is 6.17. The zero-order chi connectivity index (χ0) is 14.3. The van der Waals surface area contributed by atoms with Crippen LogP contribution in [0.4, 0.5) is 11.4 Å². The van der Waals surface area contributed by atoms with E-state index in [2.05, 4.69) is 5.32 Å². The normalized spacial score (nSPS) is 10.7. The van der Waals surface area contributed by atoms with E-state index in [1.807, 2.05) is 19.1 Å². The Kier molecular flexibility index (Phi) is 6.27. The number of carbonyl (C=O) groups is 1. The first-order chi connectivity index (χ1) is 9.08. The number of para-hydroxylation sites is 1. The van der Waals surface area contributed by atoms with Crippen LogP contribution >= 0.6 is 0 Å². The summed E-state index contributed by atoms with van der Waals surface area (Å²) in [7, 11) is 0. The number of nitrogens with zero attached hydrogens (tertiary/aromatic N) is 1. The Balaban J connectivity index is 2.63. The minimum atomic E-state index is -0.220. The van der Waals surface area contributed by atoms with Gasteiger partial charge in [0.1, 0.15) is 0 Å². The maximum atomic E-state index is 11.9. The number of nitrogens with one attached hydrogen (secondary N) is 1. The van der Waals surface area contributed by atoms with Gasteiger partial charge < -0.3 is 21.3 Å². The highest BCUT2D eigenvalue weighted by Gasteiger charge is 2.12. The largest absolute Gasteiger partial charge is 0.397 e. The number of hydrogen-bond acceptors (Lipinski definition) is 5. The Morgan fingerprint density at radius 3 is 2.47 bits per heavy atom. The lowest BCUT2D eigenvalue weighted by Crippen LogP contribution is -2.37. The van der Waals surface area contributed by atoms with Gasteiger partial charge in [-0.2, -0.15) is 0 Å². The molecule has 106 valence electrons. The molecule has 0 saturated carbocycles. The highest BCUT2D eigenvalue weighted by molar-refractivity contribution is 5.96. The molecule has 1 aromatic carbocycles. The maximum Gasteiger partial charge on any atom is 0.238 e. The number of carbonyl (C=O) groups excluding carboxylic acids is 1. The molecule has 1 aromatic rings. The van der Waals surface area contributed by atoms with E-state index in [1.54, 1.807) is 11.0 Å². The minimum absolute atomic E-state index is 0.0558. The summed E-state index contributed by atoms with van der Waals surface area (Å²) in [5.41, 5.74) is 7.83. The van der Waals surface area contributed by atoms with Crippen molar-refractivity contribution >= 4 is 17.3 Å². The average Bonchev–Trinajstić information content (AvgIpc) is 2.35. The maximum absolute atomic E-state index is 11.9. The van der Waals surface area contributed by atoms with Crippen LogP contribution in [0.1, 0.15) is 5.56 Å². The summed E-state index contributed by atoms with van der Waals surface area (Å²) in [5, 5.41) is 20.5. The second-order valence-corrected chi connectivity index (χ2v) is 4.31. The number of aliphatic hydroxyl groups is 2. The predicted molar refractivity (Wildman–Crippen MR) is 74.8 cm³/mol. The van der Waals surface area contributed by atoms with E-state index < -0.39 is 0 Å². The molecule has 5 N–H and O–H groups in total. The number of aryl methyl sites for hydroxylation is 1. The van der Waals surface area contributed by atoms with Crippen LogP contribution in [-0.4, -0.2) is 53.9 Å². The molecule has 1 rings (SSSR count). The van der Waals surface area contributed by atoms with Crippen molar-refractivity contribution in [3.63, 3.8) is 0 Å². The monoisotopic (exact) mass is 267 g/mol. The SMILES string of the molecule is Cc1cccc(N)c1NC(=O)CN(CCO)CCO. The number of nitrogens with two attached hydrogens (primary N) is 1. The summed E-state index contributed by atoms with van der Waals surface area (Å²) in [5.74, 6) is -0.220. The molecular formula is C13H21N3O3. The Bertz CT molecular complexity index is 397. The molecule has 0 aromatic heterocycles. The molecule has 0 atom stereocenters. The predicted octanol–water partition coefficient (Wildman–Crippen LogP) is -0.198. The molecule has 0 heterocycles. The number of nitrogen functional groups attached to an aromatic ring is 1. The van der Waals surface area contributed by atoms with Crippen LogP contribution < -0.4 is 11.1 Å². The highest BCUT2D eigenvalue weighted by Crippen LogP contribution is 2.22. The fourth-order valence-corrected chi connectivity index (χ4v) is 1.80. The van der Waals surface area contributed by atoms with Crippen LogP contribution in [0.25, 0.3) is 0 Å². The van der Waals surface area contributed by atoms with Gasteiger partial charge in [-0.1, -0.05) is 12.1 Å². The molecule has 0 aliphatic heterocycles. The quantitative estimate of drug-likeness (QED) is 0.513. The molecule has 0 unspecified atom stereocenters. The zero-order valence-corrected chi connectivity index (χ0v) is 11.1. The fraction of sp³-hybridized carbons (Fsp3) is 0.462. The highest BCUT2D eigenvalue weighted by atomic mass is 16.3. The van der Waals surface area contributed by atoms with Crippen LogP contribution in [-0.2, 0) is 4.79 Å². The molecule has 0 radical (unpaired) electrons. The summed E-state index contributed by atoms with van der Waals surface area (Å²) < 4.78 is 0. The van der Waals surface area contributed by atoms with Crippen molar-refractivity contribution in [2.45, 2.75) is 6.92 Å². The average molecular weight is 267 g/mol. The molecule has 6 heteroatoms. The van der Waals surface area contributed by atoms with Gasteiger partial charge in [-0.25, -0.2) is 0 Å². The lowest BCUT2D eigenvalue weighted by atomic mass is 10.1. The van der Waals surface area contributed by atoms with Gasteiger partial charge in [0, 0.05) is 13.1 Å². The number of benzene rings is 1. The molecule has 0 saturated heterocycles. The molecule has 0 bridgehead atoms. The van der Waals surface area contributed by atoms with E-state index in [4.69, 9.17) is 15.9 Å². The second-order valence-electron chi connectivity index (χ2n) is 4.31. The van der Waals surface area contributed by atoms with E-state index in [9.17, 15) is 4.79 Å². The Hall–Kier alpha value is -1.63. The molecule has 1 amide bonds. The number of rotatable bonds is 7. The van der Waals surface area contributed by atoms with Crippen molar-refractivity contribution in [1.82, 2.24) is 4.90 Å². The van der Waals surface area contributed by atoms with Gasteiger partial charge in [-0.05, 0) is 18.6 Å². The van der Waals surface area contributed by atoms with Crippen molar-refractivity contribution in [3.8, 4) is 0 Å². The van der Waals surface area contributed by atoms with Crippen molar-refractivity contribution in [3.05, 3.63) is 23.8 Å². The van der Waals surface area contributed by atoms with Gasteiger partial charge in [0.2, 0.25) is 5.91 Å². The van der Waals surface area contributed by atoms with E-state index in [0.717, 1.165) is 5.56 Å². The Morgan fingerprint density at radius 1 is 1.32 bits per heavy atom. The van der Waals surface area contributed by atoms with Gasteiger partial charge in [-0.15, -0.1) is 0 Å². The van der Waals surface area contributed by atoms with E-state index in [0.29, 0.717) is 24.5 Å². The number of anilines is 2. The third-order valence-corrected chi connectivity index (χ3v) is 2.77. The molecule has 6 nitrogen and oxygen atoms in total. The molecule has 19 heavy (non-hydrogen) atoms. The lowest BCUT2D eigenvalue weighted by molar-refractivity contribution is -0.117. The second kappa shape index (κ2) is 7.73. The molecule has 0 fully saturated rings. The van der Waals surface area contributed by atoms with Crippen molar-refractivity contribution in [1.29, 1.82) is 0 Å². The van der Waals surface area contributed by atoms with Crippen LogP contribution in [0, 0.1) is 6.92 Å². The fourth-order valence-electron chi connectivity index (χ4n) is 1.80.